The van der Waals surface area contributed by atoms with Crippen LogP contribution in [0.3, 0.4) is 0 Å². The van der Waals surface area contributed by atoms with Gasteiger partial charge < -0.3 is 11.6 Å². The van der Waals surface area contributed by atoms with Crippen LogP contribution in [0.25, 0.3) is 16.8 Å². The zero-order chi connectivity index (χ0) is 18.6. The van der Waals surface area contributed by atoms with Gasteiger partial charge in [0.15, 0.2) is 0 Å². The number of nitrogens with two attached hydrogens (primary N) is 2. The van der Waals surface area contributed by atoms with Gasteiger partial charge in [-0.15, -0.1) is 0 Å². The van der Waals surface area contributed by atoms with Crippen LogP contribution in [0, 0.1) is 12.7 Å². The fourth-order valence-electron chi connectivity index (χ4n) is 3.43. The molecule has 0 unspecified atom stereocenters. The number of pyridine rings is 2. The summed E-state index contributed by atoms with van der Waals surface area (Å²) in [5, 5.41) is 0. The molecule has 3 aromatic heterocycles. The van der Waals surface area contributed by atoms with Crippen molar-refractivity contribution in [2.24, 2.45) is 5.73 Å². The summed E-state index contributed by atoms with van der Waals surface area (Å²) in [4.78, 5) is 29.2. The van der Waals surface area contributed by atoms with Crippen LogP contribution in [0.4, 0.5) is 4.39 Å². The van der Waals surface area contributed by atoms with E-state index in [9.17, 15) is 14.0 Å². The molecule has 0 bridgehead atoms. The van der Waals surface area contributed by atoms with Crippen LogP contribution in [0.2, 0.25) is 0 Å². The lowest BCUT2D eigenvalue weighted by molar-refractivity contribution is 0.615. The lowest BCUT2D eigenvalue weighted by Crippen LogP contribution is -2.44. The Morgan fingerprint density at radius 3 is 2.73 bits per heavy atom. The largest absolute Gasteiger partial charge is 0.354 e. The van der Waals surface area contributed by atoms with Gasteiger partial charge in [0, 0.05) is 23.9 Å². The van der Waals surface area contributed by atoms with Crippen molar-refractivity contribution >= 4 is 5.52 Å². The highest BCUT2D eigenvalue weighted by Crippen LogP contribution is 2.41. The van der Waals surface area contributed by atoms with Gasteiger partial charge >= 0.3 is 5.69 Å². The zero-order valence-electron chi connectivity index (χ0n) is 14.2. The minimum atomic E-state index is -0.772. The summed E-state index contributed by atoms with van der Waals surface area (Å²) in [7, 11) is 0. The first-order valence-electron chi connectivity index (χ1n) is 8.34. The van der Waals surface area contributed by atoms with E-state index in [1.165, 1.54) is 0 Å². The third-order valence-corrected chi connectivity index (χ3v) is 4.87. The Kier molecular flexibility index (Phi) is 3.66. The van der Waals surface area contributed by atoms with Crippen molar-refractivity contribution in [3.05, 3.63) is 67.9 Å². The molecule has 0 amide bonds. The molecular weight excluding hydrogens is 337 g/mol. The molecule has 4 N–H and O–H groups in total. The molecule has 0 saturated heterocycles. The molecule has 0 spiro atoms. The number of halogens is 1. The molecule has 0 atom stereocenters. The molecule has 0 aromatic carbocycles. The molecule has 1 fully saturated rings. The van der Waals surface area contributed by atoms with Gasteiger partial charge in [-0.05, 0) is 48.9 Å². The normalized spacial score (nSPS) is 14.1. The molecule has 3 aromatic rings. The third-order valence-electron chi connectivity index (χ3n) is 4.87. The first-order chi connectivity index (χ1) is 12.4. The van der Waals surface area contributed by atoms with Gasteiger partial charge in [-0.3, -0.25) is 14.2 Å². The Morgan fingerprint density at radius 1 is 1.35 bits per heavy atom. The molecule has 0 aliphatic heterocycles. The van der Waals surface area contributed by atoms with E-state index in [1.807, 2.05) is 0 Å². The fourth-order valence-corrected chi connectivity index (χ4v) is 3.43. The van der Waals surface area contributed by atoms with Gasteiger partial charge in [0.1, 0.15) is 5.82 Å². The van der Waals surface area contributed by atoms with Crippen molar-refractivity contribution in [1.82, 2.24) is 14.1 Å². The minimum absolute atomic E-state index is 0.0354. The monoisotopic (exact) mass is 355 g/mol. The van der Waals surface area contributed by atoms with E-state index in [1.54, 1.807) is 25.3 Å². The minimum Gasteiger partial charge on any atom is -0.332 e. The lowest BCUT2D eigenvalue weighted by atomic mass is 10.00. The van der Waals surface area contributed by atoms with Crippen LogP contribution in [0.15, 0.2) is 34.1 Å². The van der Waals surface area contributed by atoms with Gasteiger partial charge in [-0.2, -0.15) is 4.68 Å². The molecule has 1 aliphatic rings. The number of fused-ring (bicyclic) bond motifs is 1. The molecule has 0 radical (unpaired) electrons. The van der Waals surface area contributed by atoms with E-state index >= 15 is 0 Å². The van der Waals surface area contributed by atoms with E-state index in [4.69, 9.17) is 11.6 Å². The van der Waals surface area contributed by atoms with Crippen LogP contribution < -0.4 is 22.8 Å². The maximum atomic E-state index is 14.9. The fraction of sp³-hybridized carbons (Fsp3) is 0.278. The maximum Gasteiger partial charge on any atom is 0.354 e. The number of hydrogen-bond donors (Lipinski definition) is 2. The van der Waals surface area contributed by atoms with Crippen molar-refractivity contribution in [2.75, 3.05) is 5.84 Å². The highest BCUT2D eigenvalue weighted by molar-refractivity contribution is 5.76. The van der Waals surface area contributed by atoms with Crippen LogP contribution in [0.5, 0.6) is 0 Å². The highest BCUT2D eigenvalue weighted by atomic mass is 19.1. The number of rotatable bonds is 3. The van der Waals surface area contributed by atoms with Crippen LogP contribution in [0.1, 0.15) is 35.4 Å². The van der Waals surface area contributed by atoms with E-state index < -0.39 is 17.1 Å². The molecular formula is C18H18FN5O2. The van der Waals surface area contributed by atoms with Crippen molar-refractivity contribution in [3.8, 4) is 11.3 Å². The van der Waals surface area contributed by atoms with E-state index in [0.29, 0.717) is 33.6 Å². The smallest absolute Gasteiger partial charge is 0.332 e. The second-order valence-corrected chi connectivity index (χ2v) is 6.59. The Labute approximate surface area is 147 Å². The second-order valence-electron chi connectivity index (χ2n) is 6.59. The maximum absolute atomic E-state index is 14.9. The van der Waals surface area contributed by atoms with Crippen molar-refractivity contribution in [2.45, 2.75) is 32.2 Å². The van der Waals surface area contributed by atoms with Gasteiger partial charge in [0.25, 0.3) is 5.56 Å². The molecule has 1 saturated carbocycles. The molecule has 134 valence electrons. The Morgan fingerprint density at radius 2 is 2.08 bits per heavy atom. The first-order valence-corrected chi connectivity index (χ1v) is 8.34. The zero-order valence-corrected chi connectivity index (χ0v) is 14.2. The summed E-state index contributed by atoms with van der Waals surface area (Å²) < 4.78 is 16.6. The average molecular weight is 355 g/mol. The Hall–Kier alpha value is -3.00. The third kappa shape index (κ3) is 2.33. The highest BCUT2D eigenvalue weighted by Gasteiger charge is 2.32. The first kappa shape index (κ1) is 16.5. The van der Waals surface area contributed by atoms with Gasteiger partial charge in [0.2, 0.25) is 0 Å². The van der Waals surface area contributed by atoms with Gasteiger partial charge in [-0.25, -0.2) is 9.18 Å². The van der Waals surface area contributed by atoms with E-state index in [-0.39, 0.29) is 11.5 Å². The molecule has 8 heteroatoms. The predicted molar refractivity (Wildman–Crippen MR) is 95.9 cm³/mol. The standard InChI is InChI=1S/C18H18FN5O2/c1-9-14(13-6-10(7-20)4-5-22-13)12(19)8-23-16(9)15(11-2-3-11)17(25)24(21)18(23)26/h4-6,8,11H,2-3,7,20-21H2,1H3. The molecule has 1 aliphatic carbocycles. The summed E-state index contributed by atoms with van der Waals surface area (Å²) in [6.07, 6.45) is 4.32. The molecule has 3 heterocycles. The lowest BCUT2D eigenvalue weighted by Gasteiger charge is -2.15. The predicted octanol–water partition coefficient (Wildman–Crippen LogP) is 1.02. The Balaban J connectivity index is 2.14. The van der Waals surface area contributed by atoms with Crippen LogP contribution >= 0.6 is 0 Å². The molecule has 26 heavy (non-hydrogen) atoms. The number of nitrogen functional groups attached to an aromatic ring is 1. The number of aryl methyl sites for hydroxylation is 1. The Bertz CT molecular complexity index is 1160. The summed E-state index contributed by atoms with van der Waals surface area (Å²) >= 11 is 0. The summed E-state index contributed by atoms with van der Waals surface area (Å²) in [6, 6.07) is 3.46. The van der Waals surface area contributed by atoms with Gasteiger partial charge in [-0.1, -0.05) is 0 Å². The number of hydrogen-bond acceptors (Lipinski definition) is 5. The number of nitrogens with zero attached hydrogens (tertiary/aromatic N) is 3. The van der Waals surface area contributed by atoms with Crippen molar-refractivity contribution < 1.29 is 4.39 Å². The van der Waals surface area contributed by atoms with Crippen LogP contribution in [-0.2, 0) is 6.54 Å². The van der Waals surface area contributed by atoms with E-state index in [0.717, 1.165) is 29.0 Å². The van der Waals surface area contributed by atoms with Crippen molar-refractivity contribution in [1.29, 1.82) is 0 Å². The van der Waals surface area contributed by atoms with Gasteiger partial charge in [0.05, 0.1) is 17.4 Å². The summed E-state index contributed by atoms with van der Waals surface area (Å²) in [6.45, 7) is 1.99. The topological polar surface area (TPSA) is 108 Å². The average Bonchev–Trinajstić information content (AvgIpc) is 3.46. The summed E-state index contributed by atoms with van der Waals surface area (Å²) in [5.74, 6) is 5.05. The SMILES string of the molecule is Cc1c(-c2cc(CN)ccn2)c(F)cn2c(=O)n(N)c(=O)c(C3CC3)c12. The molecule has 7 nitrogen and oxygen atoms in total. The van der Waals surface area contributed by atoms with Crippen LogP contribution in [-0.4, -0.2) is 14.1 Å². The van der Waals surface area contributed by atoms with E-state index in [2.05, 4.69) is 4.98 Å². The van der Waals surface area contributed by atoms with Crippen molar-refractivity contribution in [3.63, 3.8) is 0 Å². The number of aromatic nitrogens is 3. The molecule has 4 rings (SSSR count). The second kappa shape index (κ2) is 5.77. The summed E-state index contributed by atoms with van der Waals surface area (Å²) in [5.41, 5.74) is 7.22. The quantitative estimate of drug-likeness (QED) is 0.682.